The first-order valence-corrected chi connectivity index (χ1v) is 11.7. The van der Waals surface area contributed by atoms with Crippen molar-refractivity contribution in [3.8, 4) is 6.07 Å². The Morgan fingerprint density at radius 2 is 2.22 bits per heavy atom. The van der Waals surface area contributed by atoms with Gasteiger partial charge in [-0.1, -0.05) is 49.0 Å². The van der Waals surface area contributed by atoms with Gasteiger partial charge in [0.1, 0.15) is 22.2 Å². The van der Waals surface area contributed by atoms with E-state index in [4.69, 9.17) is 17.3 Å². The third kappa shape index (κ3) is 5.04. The molecule has 0 aliphatic carbocycles. The van der Waals surface area contributed by atoms with Gasteiger partial charge >= 0.3 is 0 Å². The first-order chi connectivity index (χ1) is 15.5. The highest BCUT2D eigenvalue weighted by Crippen LogP contribution is 2.43. The summed E-state index contributed by atoms with van der Waals surface area (Å²) in [7, 11) is 1.95. The van der Waals surface area contributed by atoms with Crippen LogP contribution in [0, 0.1) is 23.8 Å². The number of pyridine rings is 1. The van der Waals surface area contributed by atoms with E-state index >= 15 is 0 Å². The number of nitrogens with two attached hydrogens (primary N) is 1. The van der Waals surface area contributed by atoms with Gasteiger partial charge in [0, 0.05) is 13.1 Å². The number of amides is 1. The Labute approximate surface area is 193 Å². The van der Waals surface area contributed by atoms with Gasteiger partial charge < -0.3 is 16.0 Å². The summed E-state index contributed by atoms with van der Waals surface area (Å²) in [6, 6.07) is 11.5. The molecule has 0 spiro atoms. The van der Waals surface area contributed by atoms with Gasteiger partial charge in [-0.05, 0) is 49.9 Å². The molecule has 8 heteroatoms. The van der Waals surface area contributed by atoms with Crippen LogP contribution in [0.1, 0.15) is 41.7 Å². The minimum Gasteiger partial charge on any atom is -0.368 e. The second-order valence-electron chi connectivity index (χ2n) is 7.84. The topological polar surface area (TPSA) is 99.4 Å². The van der Waals surface area contributed by atoms with E-state index in [2.05, 4.69) is 21.1 Å². The van der Waals surface area contributed by atoms with Crippen molar-refractivity contribution in [2.24, 2.45) is 11.7 Å². The SMILES string of the molecule is [C-]#[N+]c1c(N2CCCC(CNC)C2)nc(SC(C(N)=O)c2ccccc2)c(C#N)c1CC. The smallest absolute Gasteiger partial charge is 0.235 e. The van der Waals surface area contributed by atoms with Crippen LogP contribution in [-0.4, -0.2) is 37.6 Å². The van der Waals surface area contributed by atoms with Crippen molar-refractivity contribution in [2.75, 3.05) is 31.6 Å². The number of primary amides is 1. The molecule has 1 aliphatic heterocycles. The third-order valence-corrected chi connectivity index (χ3v) is 6.96. The highest BCUT2D eigenvalue weighted by Gasteiger charge is 2.29. The number of piperidine rings is 1. The summed E-state index contributed by atoms with van der Waals surface area (Å²) in [5.74, 6) is 0.580. The van der Waals surface area contributed by atoms with Gasteiger partial charge in [-0.3, -0.25) is 4.79 Å². The molecule has 1 fully saturated rings. The number of nitriles is 1. The number of anilines is 1. The first-order valence-electron chi connectivity index (χ1n) is 10.8. The van der Waals surface area contributed by atoms with Gasteiger partial charge in [-0.15, -0.1) is 0 Å². The Balaban J connectivity index is 2.10. The molecule has 32 heavy (non-hydrogen) atoms. The number of hydrogen-bond donors (Lipinski definition) is 2. The molecule has 2 unspecified atom stereocenters. The van der Waals surface area contributed by atoms with E-state index in [1.165, 1.54) is 11.8 Å². The number of thioether (sulfide) groups is 1. The zero-order valence-corrected chi connectivity index (χ0v) is 19.3. The number of aromatic nitrogens is 1. The van der Waals surface area contributed by atoms with E-state index in [0.29, 0.717) is 40.0 Å². The van der Waals surface area contributed by atoms with E-state index in [-0.39, 0.29) is 0 Å². The lowest BCUT2D eigenvalue weighted by molar-refractivity contribution is -0.117. The summed E-state index contributed by atoms with van der Waals surface area (Å²) in [6.45, 7) is 12.3. The number of rotatable bonds is 8. The third-order valence-electron chi connectivity index (χ3n) is 5.70. The standard InChI is InChI=1S/C24H28N6OS/c1-4-18-19(13-25)24(32-21(22(26)31)17-10-6-5-7-11-17)29-23(20(18)28-3)30-12-8-9-16(15-30)14-27-2/h5-7,10-11,16,21,27H,4,8-9,12,14-15H2,1-2H3,(H2,26,31). The Morgan fingerprint density at radius 3 is 2.81 bits per heavy atom. The first kappa shape index (κ1) is 23.6. The lowest BCUT2D eigenvalue weighted by atomic mass is 9.97. The molecule has 2 atom stereocenters. The predicted molar refractivity (Wildman–Crippen MR) is 128 cm³/mol. The van der Waals surface area contributed by atoms with E-state index in [0.717, 1.165) is 38.0 Å². The van der Waals surface area contributed by atoms with E-state index < -0.39 is 11.2 Å². The molecule has 1 aliphatic rings. The summed E-state index contributed by atoms with van der Waals surface area (Å²) < 4.78 is 0. The molecule has 1 saturated heterocycles. The maximum Gasteiger partial charge on any atom is 0.235 e. The van der Waals surface area contributed by atoms with Gasteiger partial charge in [-0.25, -0.2) is 9.83 Å². The maximum absolute atomic E-state index is 12.3. The highest BCUT2D eigenvalue weighted by atomic mass is 32.2. The summed E-state index contributed by atoms with van der Waals surface area (Å²) >= 11 is 1.19. The zero-order chi connectivity index (χ0) is 23.1. The van der Waals surface area contributed by atoms with Gasteiger partial charge in [-0.2, -0.15) is 5.26 Å². The van der Waals surface area contributed by atoms with Crippen LogP contribution in [0.15, 0.2) is 35.4 Å². The Kier molecular flexibility index (Phi) is 8.10. The monoisotopic (exact) mass is 448 g/mol. The average molecular weight is 449 g/mol. The molecular weight excluding hydrogens is 420 g/mol. The summed E-state index contributed by atoms with van der Waals surface area (Å²) in [6.07, 6.45) is 2.67. The number of hydrogen-bond acceptors (Lipinski definition) is 6. The van der Waals surface area contributed by atoms with Crippen LogP contribution in [0.3, 0.4) is 0 Å². The minimum absolute atomic E-state index is 0.359. The van der Waals surface area contributed by atoms with Crippen molar-refractivity contribution in [3.05, 3.63) is 58.4 Å². The van der Waals surface area contributed by atoms with Crippen molar-refractivity contribution in [2.45, 2.75) is 36.5 Å². The molecule has 2 aromatic rings. The number of nitrogens with zero attached hydrogens (tertiary/aromatic N) is 4. The van der Waals surface area contributed by atoms with Crippen LogP contribution < -0.4 is 16.0 Å². The zero-order valence-electron chi connectivity index (χ0n) is 18.5. The van der Waals surface area contributed by atoms with Crippen LogP contribution >= 0.6 is 11.8 Å². The molecule has 0 bridgehead atoms. The molecule has 1 aromatic carbocycles. The second-order valence-corrected chi connectivity index (χ2v) is 8.94. The highest BCUT2D eigenvalue weighted by molar-refractivity contribution is 8.00. The number of carbonyl (C=O) groups is 1. The van der Waals surface area contributed by atoms with Crippen molar-refractivity contribution in [1.82, 2.24) is 10.3 Å². The van der Waals surface area contributed by atoms with Crippen LogP contribution in [-0.2, 0) is 11.2 Å². The molecule has 3 rings (SSSR count). The largest absolute Gasteiger partial charge is 0.368 e. The van der Waals surface area contributed by atoms with E-state index in [1.807, 2.05) is 44.3 Å². The Hall–Kier alpha value is -3.07. The summed E-state index contributed by atoms with van der Waals surface area (Å²) in [5.41, 5.74) is 7.97. The fraction of sp³-hybridized carbons (Fsp3) is 0.417. The molecular formula is C24H28N6OS. The Bertz CT molecular complexity index is 1040. The molecule has 166 valence electrons. The number of nitrogens with one attached hydrogen (secondary N) is 1. The van der Waals surface area contributed by atoms with Crippen molar-refractivity contribution in [3.63, 3.8) is 0 Å². The molecule has 2 heterocycles. The molecule has 0 saturated carbocycles. The Morgan fingerprint density at radius 1 is 1.47 bits per heavy atom. The van der Waals surface area contributed by atoms with Crippen LogP contribution in [0.2, 0.25) is 0 Å². The molecule has 1 aromatic heterocycles. The summed E-state index contributed by atoms with van der Waals surface area (Å²) in [5, 5.41) is 13.0. The molecule has 7 nitrogen and oxygen atoms in total. The lowest BCUT2D eigenvalue weighted by Gasteiger charge is -2.35. The normalized spacial score (nSPS) is 16.8. The lowest BCUT2D eigenvalue weighted by Crippen LogP contribution is -2.39. The fourth-order valence-electron chi connectivity index (χ4n) is 4.21. The van der Waals surface area contributed by atoms with E-state index in [9.17, 15) is 10.1 Å². The van der Waals surface area contributed by atoms with Crippen molar-refractivity contribution in [1.29, 1.82) is 5.26 Å². The van der Waals surface area contributed by atoms with Crippen LogP contribution in [0.25, 0.3) is 4.85 Å². The van der Waals surface area contributed by atoms with Crippen LogP contribution in [0.5, 0.6) is 0 Å². The van der Waals surface area contributed by atoms with Crippen molar-refractivity contribution >= 4 is 29.2 Å². The fourth-order valence-corrected chi connectivity index (χ4v) is 5.27. The van der Waals surface area contributed by atoms with E-state index in [1.54, 1.807) is 0 Å². The van der Waals surface area contributed by atoms with Gasteiger partial charge in [0.15, 0.2) is 0 Å². The predicted octanol–water partition coefficient (Wildman–Crippen LogP) is 3.82. The van der Waals surface area contributed by atoms with Gasteiger partial charge in [0.05, 0.1) is 12.1 Å². The second kappa shape index (κ2) is 11.0. The minimum atomic E-state index is -0.675. The maximum atomic E-state index is 12.3. The van der Waals surface area contributed by atoms with Gasteiger partial charge in [0.25, 0.3) is 0 Å². The molecule has 1 amide bonds. The average Bonchev–Trinajstić information content (AvgIpc) is 2.82. The number of carbonyl (C=O) groups excluding carboxylic acids is 1. The molecule has 3 N–H and O–H groups in total. The molecule has 0 radical (unpaired) electrons. The van der Waals surface area contributed by atoms with Crippen LogP contribution in [0.4, 0.5) is 11.5 Å². The van der Waals surface area contributed by atoms with Crippen molar-refractivity contribution < 1.29 is 4.79 Å². The number of benzene rings is 1. The van der Waals surface area contributed by atoms with Gasteiger partial charge in [0.2, 0.25) is 11.6 Å². The summed E-state index contributed by atoms with van der Waals surface area (Å²) in [4.78, 5) is 23.1. The quantitative estimate of drug-likeness (QED) is 0.470.